The summed E-state index contributed by atoms with van der Waals surface area (Å²) in [6.45, 7) is 2.41. The molecule has 1 saturated carbocycles. The van der Waals surface area contributed by atoms with Crippen LogP contribution in [0, 0.1) is 5.82 Å². The molecular formula is C13H18ClFN2. The molecule has 0 unspecified atom stereocenters. The van der Waals surface area contributed by atoms with Crippen molar-refractivity contribution in [2.24, 2.45) is 0 Å². The Hall–Kier alpha value is -0.640. The fourth-order valence-corrected chi connectivity index (χ4v) is 2.00. The Bertz CT molecular complexity index is 359. The van der Waals surface area contributed by atoms with Crippen LogP contribution < -0.4 is 5.32 Å². The molecule has 1 aliphatic carbocycles. The van der Waals surface area contributed by atoms with E-state index < -0.39 is 0 Å². The molecule has 0 spiro atoms. The van der Waals surface area contributed by atoms with Crippen LogP contribution in [-0.2, 0) is 6.54 Å². The number of likely N-dealkylation sites (N-methyl/N-ethyl adjacent to an activating group) is 1. The van der Waals surface area contributed by atoms with E-state index in [1.54, 1.807) is 12.1 Å². The fraction of sp³-hybridized carbons (Fsp3) is 0.538. The molecule has 0 aromatic heterocycles. The molecule has 1 aromatic rings. The molecule has 4 heteroatoms. The predicted molar refractivity (Wildman–Crippen MR) is 68.8 cm³/mol. The van der Waals surface area contributed by atoms with Crippen molar-refractivity contribution >= 4 is 11.6 Å². The van der Waals surface area contributed by atoms with Crippen molar-refractivity contribution in [3.63, 3.8) is 0 Å². The highest BCUT2D eigenvalue weighted by atomic mass is 35.5. The van der Waals surface area contributed by atoms with Crippen LogP contribution in [0.2, 0.25) is 5.02 Å². The summed E-state index contributed by atoms with van der Waals surface area (Å²) in [6.07, 6.45) is 2.59. The maximum atomic E-state index is 13.5. The van der Waals surface area contributed by atoms with Crippen molar-refractivity contribution in [2.75, 3.05) is 20.1 Å². The van der Waals surface area contributed by atoms with Crippen LogP contribution in [0.25, 0.3) is 0 Å². The van der Waals surface area contributed by atoms with E-state index in [4.69, 9.17) is 11.6 Å². The van der Waals surface area contributed by atoms with Gasteiger partial charge < -0.3 is 10.2 Å². The lowest BCUT2D eigenvalue weighted by Crippen LogP contribution is -2.30. The van der Waals surface area contributed by atoms with E-state index in [0.717, 1.165) is 19.1 Å². The first kappa shape index (κ1) is 12.8. The van der Waals surface area contributed by atoms with Gasteiger partial charge in [-0.25, -0.2) is 4.39 Å². The monoisotopic (exact) mass is 256 g/mol. The van der Waals surface area contributed by atoms with Gasteiger partial charge in [-0.3, -0.25) is 0 Å². The predicted octanol–water partition coefficient (Wildman–Crippen LogP) is 2.66. The lowest BCUT2D eigenvalue weighted by atomic mass is 10.2. The molecule has 0 saturated heterocycles. The third kappa shape index (κ3) is 3.95. The third-order valence-corrected chi connectivity index (χ3v) is 3.35. The zero-order chi connectivity index (χ0) is 12.3. The molecule has 1 aromatic carbocycles. The highest BCUT2D eigenvalue weighted by Gasteiger charge is 2.19. The molecule has 94 valence electrons. The lowest BCUT2D eigenvalue weighted by Gasteiger charge is -2.18. The minimum absolute atomic E-state index is 0.223. The first-order valence-electron chi connectivity index (χ1n) is 6.01. The zero-order valence-corrected chi connectivity index (χ0v) is 10.8. The van der Waals surface area contributed by atoms with Crippen molar-refractivity contribution in [3.8, 4) is 0 Å². The minimum atomic E-state index is -0.223. The number of hydrogen-bond acceptors (Lipinski definition) is 2. The van der Waals surface area contributed by atoms with E-state index in [1.807, 2.05) is 7.05 Å². The van der Waals surface area contributed by atoms with Crippen molar-refractivity contribution in [1.82, 2.24) is 10.2 Å². The zero-order valence-electron chi connectivity index (χ0n) is 10.0. The van der Waals surface area contributed by atoms with Gasteiger partial charge in [-0.1, -0.05) is 17.7 Å². The summed E-state index contributed by atoms with van der Waals surface area (Å²) in [5, 5.41) is 3.94. The molecule has 1 fully saturated rings. The van der Waals surface area contributed by atoms with Gasteiger partial charge in [0, 0.05) is 36.3 Å². The minimum Gasteiger partial charge on any atom is -0.313 e. The Morgan fingerprint density at radius 3 is 2.88 bits per heavy atom. The number of nitrogens with one attached hydrogen (secondary N) is 1. The quantitative estimate of drug-likeness (QED) is 0.842. The maximum absolute atomic E-state index is 13.5. The van der Waals surface area contributed by atoms with Gasteiger partial charge in [0.2, 0.25) is 0 Å². The van der Waals surface area contributed by atoms with Crippen LogP contribution in [0.5, 0.6) is 0 Å². The van der Waals surface area contributed by atoms with Gasteiger partial charge in [-0.15, -0.1) is 0 Å². The molecule has 0 radical (unpaired) electrons. The van der Waals surface area contributed by atoms with Crippen molar-refractivity contribution in [1.29, 1.82) is 0 Å². The van der Waals surface area contributed by atoms with Crippen LogP contribution in [0.1, 0.15) is 18.4 Å². The number of benzene rings is 1. The highest BCUT2D eigenvalue weighted by molar-refractivity contribution is 6.31. The molecule has 1 N–H and O–H groups in total. The van der Waals surface area contributed by atoms with E-state index in [9.17, 15) is 4.39 Å². The fourth-order valence-electron chi connectivity index (χ4n) is 1.78. The van der Waals surface area contributed by atoms with Crippen LogP contribution in [0.15, 0.2) is 18.2 Å². The summed E-state index contributed by atoms with van der Waals surface area (Å²) in [6, 6.07) is 5.55. The Labute approximate surface area is 107 Å². The van der Waals surface area contributed by atoms with Gasteiger partial charge in [0.05, 0.1) is 0 Å². The average Bonchev–Trinajstić information content (AvgIpc) is 3.08. The van der Waals surface area contributed by atoms with Crippen molar-refractivity contribution in [2.45, 2.75) is 25.4 Å². The molecule has 2 rings (SSSR count). The number of hydrogen-bond donors (Lipinski definition) is 1. The molecule has 0 amide bonds. The van der Waals surface area contributed by atoms with Gasteiger partial charge in [0.25, 0.3) is 0 Å². The summed E-state index contributed by atoms with van der Waals surface area (Å²) in [4.78, 5) is 2.08. The Kier molecular flexibility index (Phi) is 4.37. The topological polar surface area (TPSA) is 15.3 Å². The summed E-state index contributed by atoms with van der Waals surface area (Å²) in [5.74, 6) is -0.223. The van der Waals surface area contributed by atoms with Gasteiger partial charge >= 0.3 is 0 Å². The van der Waals surface area contributed by atoms with Gasteiger partial charge in [0.1, 0.15) is 5.82 Å². The normalized spacial score (nSPS) is 15.5. The van der Waals surface area contributed by atoms with E-state index >= 15 is 0 Å². The van der Waals surface area contributed by atoms with Crippen molar-refractivity contribution < 1.29 is 4.39 Å². The molecule has 2 nitrogen and oxygen atoms in total. The van der Waals surface area contributed by atoms with Crippen LogP contribution in [-0.4, -0.2) is 31.1 Å². The average molecular weight is 257 g/mol. The molecule has 0 aliphatic heterocycles. The van der Waals surface area contributed by atoms with Gasteiger partial charge in [0.15, 0.2) is 0 Å². The van der Waals surface area contributed by atoms with E-state index in [-0.39, 0.29) is 5.82 Å². The number of halogens is 2. The largest absolute Gasteiger partial charge is 0.313 e. The Balaban J connectivity index is 1.81. The Morgan fingerprint density at radius 1 is 1.47 bits per heavy atom. The van der Waals surface area contributed by atoms with Crippen molar-refractivity contribution in [3.05, 3.63) is 34.6 Å². The molecule has 0 atom stereocenters. The van der Waals surface area contributed by atoms with E-state index in [1.165, 1.54) is 18.9 Å². The standard InChI is InChI=1S/C13H18ClFN2/c1-17(8-7-16-10-5-6-10)9-11-12(14)3-2-4-13(11)15/h2-4,10,16H,5-9H2,1H3. The van der Waals surface area contributed by atoms with E-state index in [0.29, 0.717) is 17.1 Å². The lowest BCUT2D eigenvalue weighted by molar-refractivity contribution is 0.319. The van der Waals surface area contributed by atoms with Crippen LogP contribution in [0.4, 0.5) is 4.39 Å². The second-order valence-electron chi connectivity index (χ2n) is 4.67. The van der Waals surface area contributed by atoms with Crippen LogP contribution >= 0.6 is 11.6 Å². The van der Waals surface area contributed by atoms with Crippen LogP contribution in [0.3, 0.4) is 0 Å². The first-order chi connectivity index (χ1) is 8.16. The molecular weight excluding hydrogens is 239 g/mol. The summed E-state index contributed by atoms with van der Waals surface area (Å²) < 4.78 is 13.5. The molecule has 17 heavy (non-hydrogen) atoms. The van der Waals surface area contributed by atoms with E-state index in [2.05, 4.69) is 10.2 Å². The summed E-state index contributed by atoms with van der Waals surface area (Å²) in [7, 11) is 1.98. The maximum Gasteiger partial charge on any atom is 0.129 e. The highest BCUT2D eigenvalue weighted by Crippen LogP contribution is 2.20. The van der Waals surface area contributed by atoms with Gasteiger partial charge in [-0.2, -0.15) is 0 Å². The SMILES string of the molecule is CN(CCNC1CC1)Cc1c(F)cccc1Cl. The second kappa shape index (κ2) is 5.80. The molecule has 1 aliphatic rings. The summed E-state index contributed by atoms with van der Waals surface area (Å²) >= 11 is 5.99. The first-order valence-corrected chi connectivity index (χ1v) is 6.39. The second-order valence-corrected chi connectivity index (χ2v) is 5.07. The third-order valence-electron chi connectivity index (χ3n) is 2.99. The Morgan fingerprint density at radius 2 is 2.24 bits per heavy atom. The number of nitrogens with zero attached hydrogens (tertiary/aromatic N) is 1. The molecule has 0 heterocycles. The smallest absolute Gasteiger partial charge is 0.129 e. The molecule has 0 bridgehead atoms. The van der Waals surface area contributed by atoms with Gasteiger partial charge in [-0.05, 0) is 32.0 Å². The number of rotatable bonds is 6. The summed E-state index contributed by atoms with van der Waals surface area (Å²) in [5.41, 5.74) is 0.586.